The quantitative estimate of drug-likeness (QED) is 0.0786. The fraction of sp³-hybridized carbons (Fsp3) is 0.0909. The normalized spacial score (nSPS) is 12.2. The third-order valence-electron chi connectivity index (χ3n) is 4.95. The standard InChI is InChI=1S/C22H13F5NO5S/c1-28-15-9-3-2-6-12(15)18(21(29)32-20-13(23)7-4-8-14(20)24)19-16(28)10-5-11-17(19)33-34(30,31)22(25,26)27/h2-11H,1H3/q+1. The number of halogens is 5. The first-order valence-electron chi connectivity index (χ1n) is 9.43. The summed E-state index contributed by atoms with van der Waals surface area (Å²) in [5.74, 6) is -5.58. The van der Waals surface area contributed by atoms with Crippen LogP contribution in [0.1, 0.15) is 10.4 Å². The van der Waals surface area contributed by atoms with E-state index < -0.39 is 50.3 Å². The minimum Gasteiger partial charge on any atom is -0.417 e. The molecule has 0 unspecified atom stereocenters. The minimum absolute atomic E-state index is 0.0922. The molecule has 0 saturated heterocycles. The van der Waals surface area contributed by atoms with Crippen LogP contribution in [0, 0.1) is 11.6 Å². The van der Waals surface area contributed by atoms with Gasteiger partial charge in [-0.05, 0) is 24.3 Å². The number of benzene rings is 3. The number of ether oxygens (including phenoxy) is 1. The van der Waals surface area contributed by atoms with Crippen molar-refractivity contribution in [1.82, 2.24) is 0 Å². The summed E-state index contributed by atoms with van der Waals surface area (Å²) < 4.78 is 101. The van der Waals surface area contributed by atoms with Gasteiger partial charge in [0.05, 0.1) is 10.9 Å². The van der Waals surface area contributed by atoms with Gasteiger partial charge in [0.25, 0.3) is 0 Å². The molecular weight excluding hydrogens is 485 g/mol. The van der Waals surface area contributed by atoms with Crippen LogP contribution in [0.5, 0.6) is 11.5 Å². The van der Waals surface area contributed by atoms with Gasteiger partial charge in [-0.3, -0.25) is 0 Å². The average Bonchev–Trinajstić information content (AvgIpc) is 2.76. The lowest BCUT2D eigenvalue weighted by Crippen LogP contribution is -2.32. The summed E-state index contributed by atoms with van der Waals surface area (Å²) in [7, 11) is -4.58. The molecule has 0 radical (unpaired) electrons. The van der Waals surface area contributed by atoms with Crippen molar-refractivity contribution < 1.29 is 48.7 Å². The van der Waals surface area contributed by atoms with Gasteiger partial charge in [-0.2, -0.15) is 26.2 Å². The van der Waals surface area contributed by atoms with Crippen LogP contribution in [0.3, 0.4) is 0 Å². The zero-order chi connectivity index (χ0) is 24.8. The second kappa shape index (κ2) is 8.20. The van der Waals surface area contributed by atoms with Gasteiger partial charge in [0, 0.05) is 12.1 Å². The SMILES string of the molecule is C[n+]1c2ccccc2c(C(=O)Oc2c(F)cccc2F)c2c(OS(=O)(=O)C(F)(F)F)cccc21. The first-order chi connectivity index (χ1) is 15.9. The van der Waals surface area contributed by atoms with Crippen LogP contribution in [0.2, 0.25) is 0 Å². The molecule has 176 valence electrons. The highest BCUT2D eigenvalue weighted by molar-refractivity contribution is 7.88. The highest BCUT2D eigenvalue weighted by Crippen LogP contribution is 2.36. The lowest BCUT2D eigenvalue weighted by Gasteiger charge is -2.14. The van der Waals surface area contributed by atoms with Gasteiger partial charge in [0.1, 0.15) is 12.4 Å². The summed E-state index contributed by atoms with van der Waals surface area (Å²) in [6.45, 7) is 0. The van der Waals surface area contributed by atoms with Crippen molar-refractivity contribution in [2.45, 2.75) is 5.51 Å². The number of pyridine rings is 1. The van der Waals surface area contributed by atoms with Gasteiger partial charge in [0.2, 0.25) is 16.8 Å². The molecule has 12 heteroatoms. The lowest BCUT2D eigenvalue weighted by atomic mass is 10.0. The second-order valence-corrected chi connectivity index (χ2v) is 8.56. The summed E-state index contributed by atoms with van der Waals surface area (Å²) in [6, 6.07) is 12.4. The number of hydrogen-bond donors (Lipinski definition) is 0. The molecule has 0 spiro atoms. The predicted molar refractivity (Wildman–Crippen MR) is 110 cm³/mol. The number of para-hydroxylation sites is 2. The number of carbonyl (C=O) groups excluding carboxylic acids is 1. The lowest BCUT2D eigenvalue weighted by molar-refractivity contribution is -0.617. The molecule has 4 aromatic rings. The molecule has 6 nitrogen and oxygen atoms in total. The van der Waals surface area contributed by atoms with Crippen molar-refractivity contribution >= 4 is 37.9 Å². The van der Waals surface area contributed by atoms with Crippen molar-refractivity contribution in [3.8, 4) is 11.5 Å². The number of esters is 1. The molecule has 0 N–H and O–H groups in total. The monoisotopic (exact) mass is 498 g/mol. The van der Waals surface area contributed by atoms with Crippen LogP contribution in [-0.2, 0) is 17.2 Å². The number of alkyl halides is 3. The average molecular weight is 498 g/mol. The highest BCUT2D eigenvalue weighted by Gasteiger charge is 2.49. The van der Waals surface area contributed by atoms with E-state index in [1.165, 1.54) is 35.9 Å². The minimum atomic E-state index is -6.10. The van der Waals surface area contributed by atoms with E-state index in [1.54, 1.807) is 12.1 Å². The van der Waals surface area contributed by atoms with Crippen molar-refractivity contribution in [3.05, 3.63) is 77.9 Å². The molecule has 1 heterocycles. The Morgan fingerprint density at radius 2 is 1.47 bits per heavy atom. The van der Waals surface area contributed by atoms with Crippen LogP contribution in [0.25, 0.3) is 21.8 Å². The van der Waals surface area contributed by atoms with Crippen molar-refractivity contribution in [1.29, 1.82) is 0 Å². The molecule has 0 atom stereocenters. The van der Waals surface area contributed by atoms with Gasteiger partial charge >= 0.3 is 21.6 Å². The molecule has 4 rings (SSSR count). The first-order valence-corrected chi connectivity index (χ1v) is 10.8. The van der Waals surface area contributed by atoms with Crippen LogP contribution < -0.4 is 13.5 Å². The summed E-state index contributed by atoms with van der Waals surface area (Å²) in [5.41, 5.74) is -5.70. The second-order valence-electron chi connectivity index (χ2n) is 7.02. The summed E-state index contributed by atoms with van der Waals surface area (Å²) in [6.07, 6.45) is 0. The number of carbonyl (C=O) groups is 1. The van der Waals surface area contributed by atoms with Crippen molar-refractivity contribution in [2.24, 2.45) is 7.05 Å². The van der Waals surface area contributed by atoms with E-state index in [-0.39, 0.29) is 16.3 Å². The predicted octanol–water partition coefficient (Wildman–Crippen LogP) is 4.54. The van der Waals surface area contributed by atoms with Crippen molar-refractivity contribution in [3.63, 3.8) is 0 Å². The Bertz CT molecular complexity index is 1550. The maximum atomic E-state index is 14.1. The number of aromatic nitrogens is 1. The van der Waals surface area contributed by atoms with Crippen molar-refractivity contribution in [2.75, 3.05) is 0 Å². The molecule has 0 amide bonds. The molecule has 0 fully saturated rings. The van der Waals surface area contributed by atoms with E-state index in [4.69, 9.17) is 4.74 Å². The van der Waals surface area contributed by atoms with Gasteiger partial charge in [-0.15, -0.1) is 0 Å². The van der Waals surface area contributed by atoms with Crippen LogP contribution in [0.4, 0.5) is 22.0 Å². The fourth-order valence-corrected chi connectivity index (χ4v) is 3.93. The van der Waals surface area contributed by atoms with Gasteiger partial charge < -0.3 is 8.92 Å². The van der Waals surface area contributed by atoms with Crippen LogP contribution in [-0.4, -0.2) is 19.9 Å². The van der Waals surface area contributed by atoms with Gasteiger partial charge in [-0.25, -0.2) is 13.6 Å². The number of nitrogens with zero attached hydrogens (tertiary/aromatic N) is 1. The van der Waals surface area contributed by atoms with Gasteiger partial charge in [0.15, 0.2) is 17.4 Å². The van der Waals surface area contributed by atoms with E-state index in [0.717, 1.165) is 24.3 Å². The van der Waals surface area contributed by atoms with E-state index in [9.17, 15) is 35.2 Å². The largest absolute Gasteiger partial charge is 0.534 e. The molecule has 0 aliphatic heterocycles. The Balaban J connectivity index is 2.04. The van der Waals surface area contributed by atoms with E-state index >= 15 is 0 Å². The first kappa shape index (κ1) is 23.4. The van der Waals surface area contributed by atoms with E-state index in [0.29, 0.717) is 5.52 Å². The number of rotatable bonds is 4. The Morgan fingerprint density at radius 1 is 0.882 bits per heavy atom. The topological polar surface area (TPSA) is 73.5 Å². The zero-order valence-electron chi connectivity index (χ0n) is 17.1. The van der Waals surface area contributed by atoms with Crippen LogP contribution in [0.15, 0.2) is 60.7 Å². The third kappa shape index (κ3) is 3.89. The zero-order valence-corrected chi connectivity index (χ0v) is 17.9. The Morgan fingerprint density at radius 3 is 2.12 bits per heavy atom. The van der Waals surface area contributed by atoms with Crippen LogP contribution >= 0.6 is 0 Å². The Hall–Kier alpha value is -3.80. The maximum absolute atomic E-state index is 14.1. The smallest absolute Gasteiger partial charge is 0.417 e. The fourth-order valence-electron chi connectivity index (χ4n) is 3.46. The molecule has 3 aromatic carbocycles. The number of fused-ring (bicyclic) bond motifs is 2. The van der Waals surface area contributed by atoms with E-state index in [1.807, 2.05) is 0 Å². The summed E-state index contributed by atoms with van der Waals surface area (Å²) >= 11 is 0. The van der Waals surface area contributed by atoms with Gasteiger partial charge in [-0.1, -0.05) is 24.3 Å². The molecule has 0 aliphatic rings. The maximum Gasteiger partial charge on any atom is 0.534 e. The molecular formula is C22H13F5NO5S+. The molecule has 0 bridgehead atoms. The Labute approximate surface area is 188 Å². The number of hydrogen-bond acceptors (Lipinski definition) is 5. The number of aryl methyl sites for hydroxylation is 1. The Kier molecular flexibility index (Phi) is 5.64. The summed E-state index contributed by atoms with van der Waals surface area (Å²) in [4.78, 5) is 13.2. The third-order valence-corrected chi connectivity index (χ3v) is 5.92. The highest BCUT2D eigenvalue weighted by atomic mass is 32.2. The molecule has 0 aliphatic carbocycles. The molecule has 1 aromatic heterocycles. The van der Waals surface area contributed by atoms with E-state index in [2.05, 4.69) is 4.18 Å². The molecule has 34 heavy (non-hydrogen) atoms. The summed E-state index contributed by atoms with van der Waals surface area (Å²) in [5, 5.41) is -0.252. The molecule has 0 saturated carbocycles.